The molecule has 38 heavy (non-hydrogen) atoms. The van der Waals surface area contributed by atoms with E-state index in [0.717, 1.165) is 26.1 Å². The summed E-state index contributed by atoms with van der Waals surface area (Å²) in [6.45, 7) is 11.1. The second-order valence-corrected chi connectivity index (χ2v) is 11.4. The van der Waals surface area contributed by atoms with Gasteiger partial charge in [0.05, 0.1) is 5.69 Å². The fraction of sp³-hybridized carbons (Fsp3) is 0.615. The van der Waals surface area contributed by atoms with Gasteiger partial charge < -0.3 is 14.5 Å². The highest BCUT2D eigenvalue weighted by atomic mass is 19.1. The number of hydrogen-bond acceptors (Lipinski definition) is 7. The van der Waals surface area contributed by atoms with E-state index in [2.05, 4.69) is 15.3 Å². The van der Waals surface area contributed by atoms with Crippen LogP contribution in [0.1, 0.15) is 33.6 Å². The molecule has 1 aromatic carbocycles. The molecule has 3 fully saturated rings. The predicted molar refractivity (Wildman–Crippen MR) is 141 cm³/mol. The smallest absolute Gasteiger partial charge is 0.410 e. The second kappa shape index (κ2) is 10.0. The average molecular weight is 530 g/mol. The molecule has 4 amide bonds. The molecular weight excluding hydrogens is 493 g/mol. The molecule has 0 aliphatic carbocycles. The average Bonchev–Trinajstić information content (AvgIpc) is 3.44. The molecule has 2 aromatic rings. The summed E-state index contributed by atoms with van der Waals surface area (Å²) in [7, 11) is 1.66. The summed E-state index contributed by atoms with van der Waals surface area (Å²) in [5.41, 5.74) is 0.350. The summed E-state index contributed by atoms with van der Waals surface area (Å²) >= 11 is 0. The van der Waals surface area contributed by atoms with Crippen LogP contribution >= 0.6 is 0 Å². The number of ether oxygens (including phenoxy) is 1. The Morgan fingerprint density at radius 3 is 2.55 bits per heavy atom. The number of benzene rings is 1. The van der Waals surface area contributed by atoms with Crippen LogP contribution in [-0.2, 0) is 16.6 Å². The van der Waals surface area contributed by atoms with Gasteiger partial charge in [-0.15, -0.1) is 0 Å². The number of nitrogens with zero attached hydrogens (tertiary/aromatic N) is 6. The standard InChI is InChI=1S/C26H36FN7O4/c1-26(2,3)38-25(37)33-9-7-17(16-33)15-31-11-13-32(14-12-31)19-6-5-18-22(21(19)27)30(4)29-23(18)34-10-8-20(35)28-24(34)36/h5-6,17H,7-16H2,1-4H3,(H,28,35,36)/t17-/m0/s1. The fourth-order valence-corrected chi connectivity index (χ4v) is 5.52. The number of anilines is 2. The lowest BCUT2D eigenvalue weighted by Crippen LogP contribution is -2.49. The highest BCUT2D eigenvalue weighted by Gasteiger charge is 2.33. The summed E-state index contributed by atoms with van der Waals surface area (Å²) in [4.78, 5) is 43.8. The van der Waals surface area contributed by atoms with Gasteiger partial charge in [-0.2, -0.15) is 5.10 Å². The van der Waals surface area contributed by atoms with Gasteiger partial charge in [0.15, 0.2) is 11.6 Å². The number of likely N-dealkylation sites (tertiary alicyclic amines) is 1. The van der Waals surface area contributed by atoms with Crippen LogP contribution in [0.3, 0.4) is 0 Å². The highest BCUT2D eigenvalue weighted by molar-refractivity contribution is 6.09. The van der Waals surface area contributed by atoms with Gasteiger partial charge in [-0.05, 0) is 45.2 Å². The van der Waals surface area contributed by atoms with Crippen LogP contribution in [0.5, 0.6) is 0 Å². The Hall–Kier alpha value is -3.41. The van der Waals surface area contributed by atoms with Crippen LogP contribution in [-0.4, -0.2) is 95.6 Å². The van der Waals surface area contributed by atoms with Crippen molar-refractivity contribution in [2.75, 3.05) is 62.2 Å². The minimum absolute atomic E-state index is 0.175. The van der Waals surface area contributed by atoms with Gasteiger partial charge >= 0.3 is 12.1 Å². The van der Waals surface area contributed by atoms with E-state index in [9.17, 15) is 14.4 Å². The fourth-order valence-electron chi connectivity index (χ4n) is 5.52. The third-order valence-electron chi connectivity index (χ3n) is 7.38. The molecule has 11 nitrogen and oxygen atoms in total. The Morgan fingerprint density at radius 2 is 1.87 bits per heavy atom. The van der Waals surface area contributed by atoms with Gasteiger partial charge in [0.25, 0.3) is 0 Å². The normalized spacial score (nSPS) is 21.4. The number of aryl methyl sites for hydroxylation is 1. The van der Waals surface area contributed by atoms with Gasteiger partial charge in [0.1, 0.15) is 11.1 Å². The summed E-state index contributed by atoms with van der Waals surface area (Å²) in [6.07, 6.45) is 0.883. The van der Waals surface area contributed by atoms with Gasteiger partial charge in [0, 0.05) is 71.2 Å². The monoisotopic (exact) mass is 529 g/mol. The van der Waals surface area contributed by atoms with E-state index in [1.54, 1.807) is 24.1 Å². The zero-order valence-corrected chi connectivity index (χ0v) is 22.5. The topological polar surface area (TPSA) is 103 Å². The first-order valence-corrected chi connectivity index (χ1v) is 13.2. The summed E-state index contributed by atoms with van der Waals surface area (Å²) in [5.74, 6) is 0.0546. The number of nitrogens with one attached hydrogen (secondary N) is 1. The minimum atomic E-state index is -0.543. The summed E-state index contributed by atoms with van der Waals surface area (Å²) in [5, 5.41) is 7.24. The Morgan fingerprint density at radius 1 is 1.13 bits per heavy atom. The van der Waals surface area contributed by atoms with E-state index in [0.29, 0.717) is 54.5 Å². The van der Waals surface area contributed by atoms with Crippen molar-refractivity contribution in [3.63, 3.8) is 0 Å². The Bertz CT molecular complexity index is 1250. The summed E-state index contributed by atoms with van der Waals surface area (Å²) in [6, 6.07) is 3.01. The van der Waals surface area contributed by atoms with E-state index < -0.39 is 11.6 Å². The number of piperazine rings is 1. The molecule has 12 heteroatoms. The molecular formula is C26H36FN7O4. The maximum atomic E-state index is 15.8. The van der Waals surface area contributed by atoms with Crippen LogP contribution in [0.25, 0.3) is 10.9 Å². The molecule has 0 spiro atoms. The van der Waals surface area contributed by atoms with Gasteiger partial charge in [0.2, 0.25) is 5.91 Å². The number of carbonyl (C=O) groups is 3. The molecule has 1 atom stereocenters. The van der Waals surface area contributed by atoms with Crippen molar-refractivity contribution in [2.24, 2.45) is 13.0 Å². The molecule has 5 rings (SSSR count). The van der Waals surface area contributed by atoms with E-state index in [1.165, 1.54) is 9.58 Å². The van der Waals surface area contributed by atoms with E-state index in [1.807, 2.05) is 25.7 Å². The maximum absolute atomic E-state index is 15.8. The first kappa shape index (κ1) is 26.2. The highest BCUT2D eigenvalue weighted by Crippen LogP contribution is 2.34. The van der Waals surface area contributed by atoms with Gasteiger partial charge in [-0.3, -0.25) is 24.6 Å². The predicted octanol–water partition coefficient (Wildman–Crippen LogP) is 2.54. The molecule has 0 unspecified atom stereocenters. The molecule has 206 valence electrons. The van der Waals surface area contributed by atoms with Crippen molar-refractivity contribution in [1.29, 1.82) is 0 Å². The molecule has 1 aromatic heterocycles. The van der Waals surface area contributed by atoms with Crippen LogP contribution in [0.15, 0.2) is 12.1 Å². The van der Waals surface area contributed by atoms with Gasteiger partial charge in [-0.1, -0.05) is 0 Å². The lowest BCUT2D eigenvalue weighted by molar-refractivity contribution is -0.120. The molecule has 0 saturated carbocycles. The largest absolute Gasteiger partial charge is 0.444 e. The lowest BCUT2D eigenvalue weighted by Gasteiger charge is -2.37. The number of halogens is 1. The molecule has 3 aliphatic heterocycles. The first-order valence-electron chi connectivity index (χ1n) is 13.2. The zero-order valence-electron chi connectivity index (χ0n) is 22.5. The van der Waals surface area contributed by atoms with Crippen molar-refractivity contribution in [2.45, 2.75) is 39.2 Å². The number of aromatic nitrogens is 2. The van der Waals surface area contributed by atoms with Crippen molar-refractivity contribution < 1.29 is 23.5 Å². The molecule has 4 heterocycles. The number of fused-ring (bicyclic) bond motifs is 1. The maximum Gasteiger partial charge on any atom is 0.410 e. The van der Waals surface area contributed by atoms with Crippen molar-refractivity contribution in [1.82, 2.24) is 24.9 Å². The molecule has 0 bridgehead atoms. The number of hydrogen-bond donors (Lipinski definition) is 1. The van der Waals surface area contributed by atoms with Gasteiger partial charge in [-0.25, -0.2) is 14.0 Å². The molecule has 3 aliphatic rings. The third-order valence-corrected chi connectivity index (χ3v) is 7.38. The zero-order chi connectivity index (χ0) is 27.2. The first-order chi connectivity index (χ1) is 18.0. The van der Waals surface area contributed by atoms with E-state index in [-0.39, 0.29) is 30.8 Å². The number of imide groups is 1. The second-order valence-electron chi connectivity index (χ2n) is 11.4. The quantitative estimate of drug-likeness (QED) is 0.649. The van der Waals surface area contributed by atoms with Crippen LogP contribution in [0, 0.1) is 11.7 Å². The number of rotatable bonds is 4. The van der Waals surface area contributed by atoms with Crippen LogP contribution in [0.4, 0.5) is 25.5 Å². The van der Waals surface area contributed by atoms with Crippen molar-refractivity contribution in [3.05, 3.63) is 17.9 Å². The number of urea groups is 1. The Labute approximate surface area is 221 Å². The van der Waals surface area contributed by atoms with Crippen molar-refractivity contribution >= 4 is 40.4 Å². The SMILES string of the molecule is Cn1nc(N2CCC(=O)NC2=O)c2ccc(N3CCN(C[C@@H]4CCN(C(=O)OC(C)(C)C)C4)CC3)c(F)c21. The molecule has 1 N–H and O–H groups in total. The summed E-state index contributed by atoms with van der Waals surface area (Å²) < 4.78 is 22.7. The number of amides is 4. The minimum Gasteiger partial charge on any atom is -0.444 e. The van der Waals surface area contributed by atoms with E-state index >= 15 is 4.39 Å². The molecule has 3 saturated heterocycles. The number of carbonyl (C=O) groups excluding carboxylic acids is 3. The Kier molecular flexibility index (Phi) is 6.93. The van der Waals surface area contributed by atoms with Crippen LogP contribution in [0.2, 0.25) is 0 Å². The van der Waals surface area contributed by atoms with E-state index in [4.69, 9.17) is 4.74 Å². The molecule has 0 radical (unpaired) electrons. The Balaban J connectivity index is 1.21. The third kappa shape index (κ3) is 5.27. The van der Waals surface area contributed by atoms with Crippen LogP contribution < -0.4 is 15.1 Å². The lowest BCUT2D eigenvalue weighted by atomic mass is 10.1. The van der Waals surface area contributed by atoms with Crippen molar-refractivity contribution in [3.8, 4) is 0 Å².